The van der Waals surface area contributed by atoms with Crippen molar-refractivity contribution in [3.63, 3.8) is 0 Å². The van der Waals surface area contributed by atoms with Crippen LogP contribution >= 0.6 is 0 Å². The molecule has 1 N–H and O–H groups in total. The average molecular weight is 449 g/mol. The third-order valence-corrected chi connectivity index (χ3v) is 6.03. The molecule has 0 saturated heterocycles. The second-order valence-electron chi connectivity index (χ2n) is 7.21. The van der Waals surface area contributed by atoms with Crippen LogP contribution in [0, 0.1) is 17.0 Å². The molecule has 0 saturated carbocycles. The number of fused-ring (bicyclic) bond motifs is 1. The molecule has 166 valence electrons. The number of sulfonamides is 1. The van der Waals surface area contributed by atoms with Crippen LogP contribution in [0.3, 0.4) is 0 Å². The van der Waals surface area contributed by atoms with Gasteiger partial charge in [0.2, 0.25) is 15.9 Å². The lowest BCUT2D eigenvalue weighted by Gasteiger charge is -2.30. The number of hydrogen-bond acceptors (Lipinski definition) is 7. The zero-order valence-electron chi connectivity index (χ0n) is 17.3. The zero-order valence-corrected chi connectivity index (χ0v) is 18.1. The van der Waals surface area contributed by atoms with E-state index in [2.05, 4.69) is 5.32 Å². The highest BCUT2D eigenvalue weighted by Crippen LogP contribution is 2.31. The number of anilines is 1. The fourth-order valence-corrected chi connectivity index (χ4v) is 4.48. The molecular weight excluding hydrogens is 426 g/mol. The first kappa shape index (κ1) is 22.3. The lowest BCUT2D eigenvalue weighted by molar-refractivity contribution is -0.384. The number of nitrogens with zero attached hydrogens (tertiary/aromatic N) is 2. The van der Waals surface area contributed by atoms with E-state index < -0.39 is 33.0 Å². The van der Waals surface area contributed by atoms with Gasteiger partial charge in [0.15, 0.2) is 11.5 Å². The normalized spacial score (nSPS) is 16.3. The van der Waals surface area contributed by atoms with Gasteiger partial charge in [0, 0.05) is 12.1 Å². The van der Waals surface area contributed by atoms with Gasteiger partial charge in [0.1, 0.15) is 18.8 Å². The van der Waals surface area contributed by atoms with Crippen molar-refractivity contribution in [3.05, 3.63) is 58.1 Å². The molecule has 2 aromatic rings. The molecule has 3 rings (SSSR count). The van der Waals surface area contributed by atoms with Crippen molar-refractivity contribution in [1.29, 1.82) is 0 Å². The van der Waals surface area contributed by atoms with Gasteiger partial charge in [-0.2, -0.15) is 0 Å². The Morgan fingerprint density at radius 3 is 2.61 bits per heavy atom. The number of nitrogens with one attached hydrogen (secondary N) is 1. The van der Waals surface area contributed by atoms with Gasteiger partial charge in [-0.05, 0) is 31.5 Å². The van der Waals surface area contributed by atoms with E-state index in [1.807, 2.05) is 6.07 Å². The number of rotatable bonds is 7. The van der Waals surface area contributed by atoms with E-state index in [4.69, 9.17) is 9.47 Å². The van der Waals surface area contributed by atoms with Crippen molar-refractivity contribution in [2.24, 2.45) is 0 Å². The molecule has 0 fully saturated rings. The second-order valence-corrected chi connectivity index (χ2v) is 9.06. The molecule has 10 nitrogen and oxygen atoms in total. The number of hydrogen-bond donors (Lipinski definition) is 1. The van der Waals surface area contributed by atoms with Gasteiger partial charge in [-0.1, -0.05) is 18.2 Å². The van der Waals surface area contributed by atoms with E-state index in [1.165, 1.54) is 19.1 Å². The van der Waals surface area contributed by atoms with Gasteiger partial charge in [-0.25, -0.2) is 8.42 Å². The Balaban J connectivity index is 1.75. The summed E-state index contributed by atoms with van der Waals surface area (Å²) < 4.78 is 37.3. The fraction of sp³-hybridized carbons (Fsp3) is 0.350. The van der Waals surface area contributed by atoms with Crippen LogP contribution in [-0.2, 0) is 14.8 Å². The number of amides is 1. The Labute approximate surface area is 180 Å². The highest BCUT2D eigenvalue weighted by Gasteiger charge is 2.32. The Kier molecular flexibility index (Phi) is 6.34. The van der Waals surface area contributed by atoms with Crippen LogP contribution in [0.1, 0.15) is 12.5 Å². The zero-order chi connectivity index (χ0) is 22.8. The number of nitro groups is 1. The molecule has 0 aliphatic carbocycles. The van der Waals surface area contributed by atoms with E-state index in [0.717, 1.165) is 16.6 Å². The molecule has 0 bridgehead atoms. The number of carbonyl (C=O) groups is 1. The molecule has 1 aliphatic heterocycles. The summed E-state index contributed by atoms with van der Waals surface area (Å²) in [5, 5.41) is 13.8. The summed E-state index contributed by atoms with van der Waals surface area (Å²) in [6.45, 7) is 3.36. The SMILES string of the molecule is Cc1ccc([N+](=O)[O-])cc1N(C(C)C(=O)NCC1COc2ccccc2O1)S(C)(=O)=O. The van der Waals surface area contributed by atoms with Crippen molar-refractivity contribution in [1.82, 2.24) is 5.32 Å². The number of ether oxygens (including phenoxy) is 2. The first-order chi connectivity index (χ1) is 14.6. The molecule has 0 aromatic heterocycles. The molecule has 2 atom stereocenters. The Bertz CT molecular complexity index is 1100. The summed E-state index contributed by atoms with van der Waals surface area (Å²) in [7, 11) is -3.92. The van der Waals surface area contributed by atoms with Gasteiger partial charge < -0.3 is 14.8 Å². The fourth-order valence-electron chi connectivity index (χ4n) is 3.26. The predicted molar refractivity (Wildman–Crippen MR) is 114 cm³/mol. The summed E-state index contributed by atoms with van der Waals surface area (Å²) >= 11 is 0. The Morgan fingerprint density at radius 1 is 1.29 bits per heavy atom. The minimum Gasteiger partial charge on any atom is -0.486 e. The summed E-state index contributed by atoms with van der Waals surface area (Å²) in [4.78, 5) is 23.3. The van der Waals surface area contributed by atoms with Crippen LogP contribution in [-0.4, -0.2) is 50.8 Å². The van der Waals surface area contributed by atoms with E-state index in [9.17, 15) is 23.3 Å². The second kappa shape index (κ2) is 8.80. The van der Waals surface area contributed by atoms with Gasteiger partial charge in [0.05, 0.1) is 23.4 Å². The van der Waals surface area contributed by atoms with E-state index in [0.29, 0.717) is 17.1 Å². The van der Waals surface area contributed by atoms with E-state index in [-0.39, 0.29) is 24.5 Å². The summed E-state index contributed by atoms with van der Waals surface area (Å²) in [5.41, 5.74) is 0.287. The topological polar surface area (TPSA) is 128 Å². The minimum atomic E-state index is -3.92. The first-order valence-corrected chi connectivity index (χ1v) is 11.3. The third-order valence-electron chi connectivity index (χ3n) is 4.80. The lowest BCUT2D eigenvalue weighted by Crippen LogP contribution is -2.50. The highest BCUT2D eigenvalue weighted by molar-refractivity contribution is 7.92. The molecule has 0 spiro atoms. The average Bonchev–Trinajstić information content (AvgIpc) is 2.72. The number of para-hydroxylation sites is 2. The largest absolute Gasteiger partial charge is 0.486 e. The van der Waals surface area contributed by atoms with Crippen LogP contribution in [0.25, 0.3) is 0 Å². The highest BCUT2D eigenvalue weighted by atomic mass is 32.2. The summed E-state index contributed by atoms with van der Waals surface area (Å²) in [6, 6.07) is 9.88. The van der Waals surface area contributed by atoms with Crippen molar-refractivity contribution < 1.29 is 27.6 Å². The van der Waals surface area contributed by atoms with Gasteiger partial charge in [0.25, 0.3) is 5.69 Å². The first-order valence-electron chi connectivity index (χ1n) is 9.48. The van der Waals surface area contributed by atoms with E-state index >= 15 is 0 Å². The van der Waals surface area contributed by atoms with Gasteiger partial charge in [-0.3, -0.25) is 19.2 Å². The van der Waals surface area contributed by atoms with Crippen molar-refractivity contribution in [2.75, 3.05) is 23.7 Å². The van der Waals surface area contributed by atoms with Crippen molar-refractivity contribution >= 4 is 27.3 Å². The monoisotopic (exact) mass is 449 g/mol. The maximum absolute atomic E-state index is 12.8. The Morgan fingerprint density at radius 2 is 1.97 bits per heavy atom. The van der Waals surface area contributed by atoms with Crippen molar-refractivity contribution in [2.45, 2.75) is 26.0 Å². The van der Waals surface area contributed by atoms with Crippen LogP contribution in [0.2, 0.25) is 0 Å². The van der Waals surface area contributed by atoms with Crippen molar-refractivity contribution in [3.8, 4) is 11.5 Å². The lowest BCUT2D eigenvalue weighted by atomic mass is 10.1. The molecule has 1 heterocycles. The number of nitro benzene ring substituents is 1. The molecule has 0 radical (unpaired) electrons. The van der Waals surface area contributed by atoms with Crippen LogP contribution in [0.15, 0.2) is 42.5 Å². The molecule has 2 aromatic carbocycles. The minimum absolute atomic E-state index is 0.0746. The van der Waals surface area contributed by atoms with E-state index in [1.54, 1.807) is 25.1 Å². The maximum atomic E-state index is 12.8. The van der Waals surface area contributed by atoms with Gasteiger partial charge >= 0.3 is 0 Å². The molecule has 1 amide bonds. The number of non-ortho nitro benzene ring substituents is 1. The third kappa shape index (κ3) is 5.05. The number of benzene rings is 2. The molecular formula is C20H23N3O7S. The predicted octanol–water partition coefficient (Wildman–Crippen LogP) is 2.01. The molecule has 2 unspecified atom stereocenters. The van der Waals surface area contributed by atoms with Crippen LogP contribution in [0.4, 0.5) is 11.4 Å². The molecule has 31 heavy (non-hydrogen) atoms. The quantitative estimate of drug-likeness (QED) is 0.506. The number of carbonyl (C=O) groups excluding carboxylic acids is 1. The standard InChI is InChI=1S/C20H23N3O7S/c1-13-8-9-15(23(25)26)10-17(13)22(31(3,27)28)14(2)20(24)21-11-16-12-29-18-6-4-5-7-19(18)30-16/h4-10,14,16H,11-12H2,1-3H3,(H,21,24). The van der Waals surface area contributed by atoms with Crippen LogP contribution in [0.5, 0.6) is 11.5 Å². The summed E-state index contributed by atoms with van der Waals surface area (Å²) in [5.74, 6) is 0.604. The van der Waals surface area contributed by atoms with Crippen LogP contribution < -0.4 is 19.1 Å². The summed E-state index contributed by atoms with van der Waals surface area (Å²) in [6.07, 6.45) is 0.502. The number of aryl methyl sites for hydroxylation is 1. The Hall–Kier alpha value is -3.34. The smallest absolute Gasteiger partial charge is 0.271 e. The van der Waals surface area contributed by atoms with Gasteiger partial charge in [-0.15, -0.1) is 0 Å². The molecule has 1 aliphatic rings. The maximum Gasteiger partial charge on any atom is 0.271 e. The molecule has 11 heteroatoms.